The minimum Gasteiger partial charge on any atom is -0.489 e. The van der Waals surface area contributed by atoms with Gasteiger partial charge in [0, 0.05) is 6.20 Å². The monoisotopic (exact) mass is 423 g/mol. The molecule has 30 heavy (non-hydrogen) atoms. The summed E-state index contributed by atoms with van der Waals surface area (Å²) in [5.41, 5.74) is 3.68. The van der Waals surface area contributed by atoms with Crippen molar-refractivity contribution in [2.75, 3.05) is 0 Å². The van der Waals surface area contributed by atoms with E-state index in [1.807, 2.05) is 44.2 Å². The van der Waals surface area contributed by atoms with Crippen molar-refractivity contribution in [1.82, 2.24) is 9.99 Å². The first-order chi connectivity index (χ1) is 14.4. The maximum atomic E-state index is 12.6. The van der Waals surface area contributed by atoms with Gasteiger partial charge in [0.1, 0.15) is 11.3 Å². The molecule has 0 fully saturated rings. The molecule has 7 heteroatoms. The summed E-state index contributed by atoms with van der Waals surface area (Å²) in [5.74, 6) is 0.000578. The molecule has 0 spiro atoms. The van der Waals surface area contributed by atoms with E-state index in [1.165, 1.54) is 16.8 Å². The first kappa shape index (κ1) is 21.3. The summed E-state index contributed by atoms with van der Waals surface area (Å²) >= 11 is 6.20. The number of benzene rings is 2. The van der Waals surface area contributed by atoms with Gasteiger partial charge in [-0.3, -0.25) is 9.59 Å². The number of halogens is 1. The largest absolute Gasteiger partial charge is 0.489 e. The molecule has 0 unspecified atom stereocenters. The normalized spacial score (nSPS) is 11.1. The molecule has 1 amide bonds. The number of hydrazone groups is 1. The fourth-order valence-corrected chi connectivity index (χ4v) is 3.02. The number of ether oxygens (including phenoxy) is 1. The molecule has 0 bridgehead atoms. The number of hydrogen-bond donors (Lipinski definition) is 1. The molecule has 0 aliphatic rings. The van der Waals surface area contributed by atoms with Crippen molar-refractivity contribution in [2.24, 2.45) is 5.10 Å². The molecule has 0 radical (unpaired) electrons. The molecule has 0 aliphatic carbocycles. The smallest absolute Gasteiger partial charge is 0.276 e. The Kier molecular flexibility index (Phi) is 7.03. The molecule has 3 aromatic rings. The van der Waals surface area contributed by atoms with Gasteiger partial charge < -0.3 is 9.30 Å². The minimum atomic E-state index is -0.579. The third kappa shape index (κ3) is 5.58. The SMILES string of the molecule is CC(C)Oc1ccc(/C=N\NC(=O)c2cccn(Cc3ccccc3)c2=O)cc1Cl. The Morgan fingerprint density at radius 3 is 2.63 bits per heavy atom. The summed E-state index contributed by atoms with van der Waals surface area (Å²) < 4.78 is 7.07. The van der Waals surface area contributed by atoms with Gasteiger partial charge in [0.05, 0.1) is 23.9 Å². The highest BCUT2D eigenvalue weighted by Crippen LogP contribution is 2.25. The van der Waals surface area contributed by atoms with Crippen molar-refractivity contribution in [1.29, 1.82) is 0 Å². The van der Waals surface area contributed by atoms with Crippen LogP contribution in [0.25, 0.3) is 0 Å². The number of nitrogens with one attached hydrogen (secondary N) is 1. The number of aromatic nitrogens is 1. The van der Waals surface area contributed by atoms with Crippen molar-refractivity contribution in [3.05, 3.63) is 98.9 Å². The molecule has 1 heterocycles. The zero-order valence-electron chi connectivity index (χ0n) is 16.7. The maximum Gasteiger partial charge on any atom is 0.276 e. The molecule has 0 atom stereocenters. The van der Waals surface area contributed by atoms with E-state index >= 15 is 0 Å². The highest BCUT2D eigenvalue weighted by atomic mass is 35.5. The number of nitrogens with zero attached hydrogens (tertiary/aromatic N) is 2. The first-order valence-electron chi connectivity index (χ1n) is 9.47. The quantitative estimate of drug-likeness (QED) is 0.459. The van der Waals surface area contributed by atoms with Gasteiger partial charge in [-0.2, -0.15) is 5.10 Å². The van der Waals surface area contributed by atoms with Crippen molar-refractivity contribution in [3.63, 3.8) is 0 Å². The van der Waals surface area contributed by atoms with Crippen LogP contribution in [0, 0.1) is 0 Å². The lowest BCUT2D eigenvalue weighted by molar-refractivity contribution is 0.0953. The predicted molar refractivity (Wildman–Crippen MR) is 119 cm³/mol. The van der Waals surface area contributed by atoms with Gasteiger partial charge in [0.2, 0.25) is 0 Å². The fraction of sp³-hybridized carbons (Fsp3) is 0.174. The lowest BCUT2D eigenvalue weighted by Gasteiger charge is -2.11. The van der Waals surface area contributed by atoms with Crippen molar-refractivity contribution >= 4 is 23.7 Å². The number of rotatable bonds is 7. The van der Waals surface area contributed by atoms with Crippen LogP contribution in [0.4, 0.5) is 0 Å². The van der Waals surface area contributed by atoms with Crippen LogP contribution >= 0.6 is 11.6 Å². The van der Waals surface area contributed by atoms with Gasteiger partial charge >= 0.3 is 0 Å². The lowest BCUT2D eigenvalue weighted by atomic mass is 10.2. The van der Waals surface area contributed by atoms with Gasteiger partial charge in [-0.1, -0.05) is 41.9 Å². The van der Waals surface area contributed by atoms with Crippen molar-refractivity contribution in [3.8, 4) is 5.75 Å². The van der Waals surface area contributed by atoms with E-state index in [1.54, 1.807) is 30.5 Å². The van der Waals surface area contributed by atoms with Gasteiger partial charge in [0.15, 0.2) is 0 Å². The Morgan fingerprint density at radius 2 is 1.93 bits per heavy atom. The van der Waals surface area contributed by atoms with E-state index in [2.05, 4.69) is 10.5 Å². The average molecular weight is 424 g/mol. The summed E-state index contributed by atoms with van der Waals surface area (Å²) in [6.45, 7) is 4.21. The van der Waals surface area contributed by atoms with E-state index in [-0.39, 0.29) is 17.2 Å². The molecule has 0 aliphatic heterocycles. The summed E-state index contributed by atoms with van der Waals surface area (Å²) in [5, 5.41) is 4.38. The molecule has 1 aromatic heterocycles. The second-order valence-corrected chi connectivity index (χ2v) is 7.30. The van der Waals surface area contributed by atoms with Crippen molar-refractivity contribution < 1.29 is 9.53 Å². The standard InChI is InChI=1S/C23H22ClN3O3/c1-16(2)30-21-11-10-18(13-20(21)24)14-25-26-22(28)19-9-6-12-27(23(19)29)15-17-7-4-3-5-8-17/h3-14,16H,15H2,1-2H3,(H,26,28)/b25-14-. The van der Waals surface area contributed by atoms with Crippen LogP contribution in [0.1, 0.15) is 35.3 Å². The van der Waals surface area contributed by atoms with Crippen molar-refractivity contribution in [2.45, 2.75) is 26.5 Å². The van der Waals surface area contributed by atoms with E-state index in [4.69, 9.17) is 16.3 Å². The van der Waals surface area contributed by atoms with E-state index in [0.717, 1.165) is 5.56 Å². The van der Waals surface area contributed by atoms with Gasteiger partial charge in [-0.05, 0) is 55.3 Å². The third-order valence-electron chi connectivity index (χ3n) is 4.16. The van der Waals surface area contributed by atoms with Crippen LogP contribution in [0.15, 0.2) is 76.8 Å². The second kappa shape index (κ2) is 9.89. The number of hydrogen-bond acceptors (Lipinski definition) is 4. The first-order valence-corrected chi connectivity index (χ1v) is 9.85. The number of pyridine rings is 1. The van der Waals surface area contributed by atoms with Crippen LogP contribution in [0.2, 0.25) is 5.02 Å². The molecule has 2 aromatic carbocycles. The summed E-state index contributed by atoms with van der Waals surface area (Å²) in [4.78, 5) is 25.1. The molecule has 1 N–H and O–H groups in total. The molecule has 0 saturated heterocycles. The number of amides is 1. The zero-order chi connectivity index (χ0) is 21.5. The van der Waals surface area contributed by atoms with Crippen LogP contribution in [-0.4, -0.2) is 22.8 Å². The molecular formula is C23H22ClN3O3. The summed E-state index contributed by atoms with van der Waals surface area (Å²) in [6, 6.07) is 17.9. The van der Waals surface area contributed by atoms with Crippen LogP contribution in [0.5, 0.6) is 5.75 Å². The minimum absolute atomic E-state index is 0.0121. The van der Waals surface area contributed by atoms with E-state index in [9.17, 15) is 9.59 Å². The molecule has 154 valence electrons. The van der Waals surface area contributed by atoms with Crippen LogP contribution < -0.4 is 15.7 Å². The van der Waals surface area contributed by atoms with Gasteiger partial charge in [-0.15, -0.1) is 0 Å². The topological polar surface area (TPSA) is 72.7 Å². The second-order valence-electron chi connectivity index (χ2n) is 6.90. The zero-order valence-corrected chi connectivity index (χ0v) is 17.5. The number of carbonyl (C=O) groups excluding carboxylic acids is 1. The molecule has 0 saturated carbocycles. The van der Waals surface area contributed by atoms with Crippen LogP contribution in [0.3, 0.4) is 0 Å². The molecule has 3 rings (SSSR count). The highest BCUT2D eigenvalue weighted by Gasteiger charge is 2.11. The van der Waals surface area contributed by atoms with E-state index in [0.29, 0.717) is 22.9 Å². The Labute approximate surface area is 179 Å². The summed E-state index contributed by atoms with van der Waals surface area (Å²) in [7, 11) is 0. The average Bonchev–Trinajstić information content (AvgIpc) is 2.72. The highest BCUT2D eigenvalue weighted by molar-refractivity contribution is 6.32. The van der Waals surface area contributed by atoms with Gasteiger partial charge in [-0.25, -0.2) is 5.43 Å². The Hall–Kier alpha value is -3.38. The molecule has 6 nitrogen and oxygen atoms in total. The lowest BCUT2D eigenvalue weighted by Crippen LogP contribution is -2.30. The van der Waals surface area contributed by atoms with Gasteiger partial charge in [0.25, 0.3) is 11.5 Å². The summed E-state index contributed by atoms with van der Waals surface area (Å²) in [6.07, 6.45) is 3.12. The fourth-order valence-electron chi connectivity index (χ4n) is 2.79. The maximum absolute atomic E-state index is 12.6. The predicted octanol–water partition coefficient (Wildman–Crippen LogP) is 4.10. The van der Waals surface area contributed by atoms with Crippen LogP contribution in [-0.2, 0) is 6.54 Å². The number of carbonyl (C=O) groups is 1. The Balaban J connectivity index is 1.68. The Bertz CT molecular complexity index is 1110. The molecular weight excluding hydrogens is 402 g/mol. The Morgan fingerprint density at radius 1 is 1.17 bits per heavy atom. The third-order valence-corrected chi connectivity index (χ3v) is 4.45. The van der Waals surface area contributed by atoms with E-state index < -0.39 is 5.91 Å².